The van der Waals surface area contributed by atoms with Crippen LogP contribution in [0.5, 0.6) is 0 Å². The minimum absolute atomic E-state index is 0.0200. The Morgan fingerprint density at radius 2 is 1.02 bits per heavy atom. The van der Waals surface area contributed by atoms with Crippen LogP contribution in [-0.4, -0.2) is 14.9 Å². The van der Waals surface area contributed by atoms with Crippen molar-refractivity contribution >= 4 is 49.3 Å². The highest BCUT2D eigenvalue weighted by Gasteiger charge is 2.18. The summed E-state index contributed by atoms with van der Waals surface area (Å²) in [5.74, 6) is 0.0200. The smallest absolute Gasteiger partial charge is 0.193 e. The molecule has 2 heterocycles. The number of ketones is 1. The van der Waals surface area contributed by atoms with Crippen LogP contribution < -0.4 is 0 Å². The van der Waals surface area contributed by atoms with Crippen LogP contribution in [0.4, 0.5) is 0 Å². The lowest BCUT2D eigenvalue weighted by Crippen LogP contribution is -2.02. The van der Waals surface area contributed by atoms with Crippen LogP contribution in [0.2, 0.25) is 0 Å². The third kappa shape index (κ3) is 4.94. The Labute approximate surface area is 301 Å². The van der Waals surface area contributed by atoms with Gasteiger partial charge in [-0.25, -0.2) is 0 Å². The van der Waals surface area contributed by atoms with E-state index < -0.39 is 0 Å². The van der Waals surface area contributed by atoms with E-state index in [0.29, 0.717) is 11.1 Å². The summed E-state index contributed by atoms with van der Waals surface area (Å²) in [6.45, 7) is 0. The van der Waals surface area contributed by atoms with Crippen molar-refractivity contribution in [2.24, 2.45) is 0 Å². The second-order valence-electron chi connectivity index (χ2n) is 13.4. The predicted octanol–water partition coefficient (Wildman–Crippen LogP) is 12.4. The topological polar surface area (TPSA) is 26.9 Å². The van der Waals surface area contributed by atoms with Gasteiger partial charge in [0.25, 0.3) is 0 Å². The highest BCUT2D eigenvalue weighted by Crippen LogP contribution is 2.39. The average molecular weight is 665 g/mol. The summed E-state index contributed by atoms with van der Waals surface area (Å²) in [4.78, 5) is 13.6. The third-order valence-corrected chi connectivity index (χ3v) is 10.3. The summed E-state index contributed by atoms with van der Waals surface area (Å²) < 4.78 is 4.65. The van der Waals surface area contributed by atoms with Gasteiger partial charge < -0.3 is 9.13 Å². The van der Waals surface area contributed by atoms with E-state index in [1.54, 1.807) is 0 Å². The molecule has 0 saturated carbocycles. The molecule has 3 nitrogen and oxygen atoms in total. The molecular weight excluding hydrogens is 633 g/mol. The van der Waals surface area contributed by atoms with Crippen molar-refractivity contribution in [3.8, 4) is 33.6 Å². The zero-order valence-electron chi connectivity index (χ0n) is 28.3. The predicted molar refractivity (Wildman–Crippen MR) is 216 cm³/mol. The number of carbonyl (C=O) groups excluding carboxylic acids is 1. The molecule has 52 heavy (non-hydrogen) atoms. The molecule has 3 heteroatoms. The number of para-hydroxylation sites is 1. The first kappa shape index (κ1) is 29.9. The van der Waals surface area contributed by atoms with Crippen LogP contribution in [-0.2, 0) is 0 Å². The van der Waals surface area contributed by atoms with E-state index in [2.05, 4.69) is 155 Å². The van der Waals surface area contributed by atoms with Crippen LogP contribution in [0.25, 0.3) is 77.1 Å². The number of rotatable bonds is 6. The largest absolute Gasteiger partial charge is 0.316 e. The van der Waals surface area contributed by atoms with Crippen molar-refractivity contribution in [1.82, 2.24) is 9.13 Å². The van der Waals surface area contributed by atoms with E-state index in [1.165, 1.54) is 33.0 Å². The van der Waals surface area contributed by atoms with Crippen molar-refractivity contribution in [1.29, 1.82) is 0 Å². The van der Waals surface area contributed by atoms with E-state index in [0.717, 1.165) is 44.1 Å². The summed E-state index contributed by atoms with van der Waals surface area (Å²) in [6.07, 6.45) is 2.19. The minimum atomic E-state index is 0.0200. The van der Waals surface area contributed by atoms with Crippen LogP contribution in [0.15, 0.2) is 194 Å². The number of aromatic nitrogens is 2. The van der Waals surface area contributed by atoms with Crippen molar-refractivity contribution in [3.63, 3.8) is 0 Å². The van der Waals surface area contributed by atoms with E-state index >= 15 is 0 Å². The van der Waals surface area contributed by atoms with Gasteiger partial charge in [0.1, 0.15) is 0 Å². The molecule has 0 spiro atoms. The molecule has 0 fully saturated rings. The Morgan fingerprint density at radius 3 is 1.75 bits per heavy atom. The van der Waals surface area contributed by atoms with Gasteiger partial charge in [0, 0.05) is 44.9 Å². The summed E-state index contributed by atoms with van der Waals surface area (Å²) in [5, 5.41) is 5.74. The quantitative estimate of drug-likeness (QED) is 0.163. The lowest BCUT2D eigenvalue weighted by molar-refractivity contribution is 0.103. The molecule has 0 atom stereocenters. The first-order valence-electron chi connectivity index (χ1n) is 17.6. The summed E-state index contributed by atoms with van der Waals surface area (Å²) >= 11 is 0. The second-order valence-corrected chi connectivity index (χ2v) is 13.4. The first-order valence-corrected chi connectivity index (χ1v) is 17.6. The van der Waals surface area contributed by atoms with Gasteiger partial charge in [-0.1, -0.05) is 121 Å². The first-order chi connectivity index (χ1) is 25.7. The Hall–Kier alpha value is -6.97. The summed E-state index contributed by atoms with van der Waals surface area (Å²) in [7, 11) is 0. The number of nitrogens with zero attached hydrogens (tertiary/aromatic N) is 2. The van der Waals surface area contributed by atoms with Gasteiger partial charge in [0.05, 0.1) is 16.6 Å². The molecule has 0 unspecified atom stereocenters. The molecule has 0 radical (unpaired) electrons. The fourth-order valence-electron chi connectivity index (χ4n) is 7.77. The van der Waals surface area contributed by atoms with Crippen molar-refractivity contribution in [3.05, 3.63) is 205 Å². The molecule has 2 aromatic heterocycles. The molecule has 8 aromatic carbocycles. The number of hydrogen-bond acceptors (Lipinski definition) is 1. The molecule has 10 rings (SSSR count). The maximum atomic E-state index is 13.6. The summed E-state index contributed by atoms with van der Waals surface area (Å²) in [5.41, 5.74) is 11.6. The SMILES string of the molecule is O=C(c1ccc(-n2c3ccccc3c3ccc4c(ccn4-c4cc(-c5ccccc5)cc(-c5ccccc5)c4)c32)cc1)c1ccc2ccccc2c1. The lowest BCUT2D eigenvalue weighted by Gasteiger charge is -2.13. The minimum Gasteiger partial charge on any atom is -0.316 e. The Balaban J connectivity index is 1.12. The van der Waals surface area contributed by atoms with Crippen LogP contribution in [0.3, 0.4) is 0 Å². The highest BCUT2D eigenvalue weighted by molar-refractivity contribution is 6.18. The maximum Gasteiger partial charge on any atom is 0.193 e. The monoisotopic (exact) mass is 664 g/mol. The Morgan fingerprint density at radius 1 is 0.385 bits per heavy atom. The highest BCUT2D eigenvalue weighted by atomic mass is 16.1. The number of benzene rings is 8. The van der Waals surface area contributed by atoms with Crippen molar-refractivity contribution in [2.45, 2.75) is 0 Å². The molecule has 10 aromatic rings. The van der Waals surface area contributed by atoms with Crippen molar-refractivity contribution in [2.75, 3.05) is 0 Å². The van der Waals surface area contributed by atoms with Gasteiger partial charge in [-0.2, -0.15) is 0 Å². The zero-order chi connectivity index (χ0) is 34.6. The van der Waals surface area contributed by atoms with Gasteiger partial charge in [0.15, 0.2) is 5.78 Å². The van der Waals surface area contributed by atoms with Crippen LogP contribution >= 0.6 is 0 Å². The molecule has 0 aliphatic heterocycles. The fraction of sp³-hybridized carbons (Fsp3) is 0. The molecule has 0 bridgehead atoms. The molecule has 0 N–H and O–H groups in total. The van der Waals surface area contributed by atoms with Gasteiger partial charge in [-0.15, -0.1) is 0 Å². The number of carbonyl (C=O) groups is 1. The van der Waals surface area contributed by atoms with E-state index in [-0.39, 0.29) is 5.78 Å². The fourth-order valence-corrected chi connectivity index (χ4v) is 7.77. The number of hydrogen-bond donors (Lipinski definition) is 0. The van der Waals surface area contributed by atoms with Gasteiger partial charge >= 0.3 is 0 Å². The summed E-state index contributed by atoms with van der Waals surface area (Å²) in [6, 6.07) is 65.5. The molecule has 0 saturated heterocycles. The normalized spacial score (nSPS) is 11.5. The second kappa shape index (κ2) is 12.1. The van der Waals surface area contributed by atoms with Crippen LogP contribution in [0.1, 0.15) is 15.9 Å². The molecule has 0 aliphatic rings. The Kier molecular flexibility index (Phi) is 6.97. The molecule has 0 amide bonds. The van der Waals surface area contributed by atoms with Crippen molar-refractivity contribution < 1.29 is 4.79 Å². The van der Waals surface area contributed by atoms with Crippen LogP contribution in [0, 0.1) is 0 Å². The van der Waals surface area contributed by atoms with Gasteiger partial charge in [-0.05, 0) is 99.8 Å². The average Bonchev–Trinajstić information content (AvgIpc) is 3.81. The zero-order valence-corrected chi connectivity index (χ0v) is 28.3. The Bertz CT molecular complexity index is 2890. The van der Waals surface area contributed by atoms with E-state index in [1.807, 2.05) is 48.5 Å². The van der Waals surface area contributed by atoms with E-state index in [9.17, 15) is 4.79 Å². The maximum absolute atomic E-state index is 13.6. The standard InChI is InChI=1S/C49H32N2O/c52-49(38-20-19-35-15-7-8-16-37(35)29-38)36-21-23-41(24-22-36)51-47-18-10-9-17-43(47)44-25-26-46-45(48(44)51)27-28-50(46)42-31-39(33-11-3-1-4-12-33)30-40(32-42)34-13-5-2-6-14-34/h1-32H. The number of fused-ring (bicyclic) bond motifs is 6. The lowest BCUT2D eigenvalue weighted by atomic mass is 9.98. The van der Waals surface area contributed by atoms with Gasteiger partial charge in [-0.3, -0.25) is 4.79 Å². The van der Waals surface area contributed by atoms with Gasteiger partial charge in [0.2, 0.25) is 0 Å². The van der Waals surface area contributed by atoms with E-state index in [4.69, 9.17) is 0 Å². The molecule has 244 valence electrons. The molecular formula is C49H32N2O. The molecule has 0 aliphatic carbocycles. The third-order valence-electron chi connectivity index (χ3n) is 10.3.